The zero-order chi connectivity index (χ0) is 16.8. The maximum atomic E-state index is 12.5. The van der Waals surface area contributed by atoms with E-state index in [0.29, 0.717) is 28.7 Å². The summed E-state index contributed by atoms with van der Waals surface area (Å²) < 4.78 is 11.8. The number of para-hydroxylation sites is 1. The van der Waals surface area contributed by atoms with Crippen molar-refractivity contribution < 1.29 is 23.6 Å². The van der Waals surface area contributed by atoms with Crippen molar-refractivity contribution in [1.82, 2.24) is 0 Å². The number of benzene rings is 1. The van der Waals surface area contributed by atoms with Gasteiger partial charge in [0.15, 0.2) is 6.54 Å². The zero-order valence-corrected chi connectivity index (χ0v) is 13.9. The minimum atomic E-state index is -0.344. The van der Waals surface area contributed by atoms with Gasteiger partial charge in [-0.15, -0.1) is 0 Å². The van der Waals surface area contributed by atoms with Crippen LogP contribution in [0.15, 0.2) is 29.6 Å². The number of nitrogens with two attached hydrogens (primary N) is 1. The van der Waals surface area contributed by atoms with Crippen molar-refractivity contribution in [3.63, 3.8) is 0 Å². The first-order valence-electron chi connectivity index (χ1n) is 7.14. The minimum absolute atomic E-state index is 0.0461. The first-order chi connectivity index (χ1) is 11.1. The molecule has 0 radical (unpaired) electrons. The van der Waals surface area contributed by atoms with Crippen LogP contribution in [0.5, 0.6) is 5.75 Å². The van der Waals surface area contributed by atoms with E-state index in [1.807, 2.05) is 0 Å². The van der Waals surface area contributed by atoms with E-state index in [1.54, 1.807) is 41.1 Å². The summed E-state index contributed by atoms with van der Waals surface area (Å²) in [4.78, 5) is 24.2. The van der Waals surface area contributed by atoms with Crippen LogP contribution in [0.3, 0.4) is 0 Å². The van der Waals surface area contributed by atoms with E-state index < -0.39 is 0 Å². The highest BCUT2D eigenvalue weighted by Gasteiger charge is 2.22. The van der Waals surface area contributed by atoms with Gasteiger partial charge in [-0.05, 0) is 19.1 Å². The van der Waals surface area contributed by atoms with Crippen LogP contribution in [0, 0.1) is 0 Å². The molecule has 23 heavy (non-hydrogen) atoms. The highest BCUT2D eigenvalue weighted by molar-refractivity contribution is 7.13. The number of carbonyl (C=O) groups excluding carboxylic acids is 2. The Kier molecular flexibility index (Phi) is 5.70. The summed E-state index contributed by atoms with van der Waals surface area (Å²) in [6, 6.07) is 7.01. The van der Waals surface area contributed by atoms with Crippen LogP contribution < -0.4 is 15.0 Å². The smallest absolute Gasteiger partial charge is 0.332 e. The lowest BCUT2D eigenvalue weighted by molar-refractivity contribution is -0.671. The van der Waals surface area contributed by atoms with Crippen molar-refractivity contribution in [3.05, 3.63) is 40.9 Å². The van der Waals surface area contributed by atoms with Crippen molar-refractivity contribution in [1.29, 1.82) is 0 Å². The number of hydrogen-bond donors (Lipinski definition) is 1. The molecule has 7 heteroatoms. The molecule has 1 aromatic carbocycles. The number of aromatic nitrogens is 1. The highest BCUT2D eigenvalue weighted by atomic mass is 32.1. The quantitative estimate of drug-likeness (QED) is 0.472. The number of nitrogen functional groups attached to an aromatic ring is 1. The molecule has 6 nitrogen and oxygen atoms in total. The van der Waals surface area contributed by atoms with Crippen molar-refractivity contribution in [2.45, 2.75) is 19.9 Å². The molecule has 122 valence electrons. The Morgan fingerprint density at radius 2 is 2.04 bits per heavy atom. The predicted molar refractivity (Wildman–Crippen MR) is 86.6 cm³/mol. The molecular weight excluding hydrogens is 316 g/mol. The normalized spacial score (nSPS) is 10.3. The van der Waals surface area contributed by atoms with Crippen LogP contribution in [0.1, 0.15) is 23.0 Å². The van der Waals surface area contributed by atoms with Gasteiger partial charge in [0.2, 0.25) is 5.78 Å². The number of thiazole rings is 1. The standard InChI is InChI=1S/C16H18N2O4S/c1-3-22-15(20)8-11-10-23-16(17)18(11)9-13(19)12-6-4-5-7-14(12)21-2/h4-7,10,17H,3,8-9H2,1-2H3/p+1. The Bertz CT molecular complexity index is 712. The van der Waals surface area contributed by atoms with Crippen LogP contribution in [-0.4, -0.2) is 25.5 Å². The number of methoxy groups -OCH3 is 1. The summed E-state index contributed by atoms with van der Waals surface area (Å²) in [7, 11) is 1.52. The molecule has 2 aromatic rings. The molecule has 0 aliphatic heterocycles. The second-order valence-electron chi connectivity index (χ2n) is 4.76. The first-order valence-corrected chi connectivity index (χ1v) is 8.02. The fourth-order valence-electron chi connectivity index (χ4n) is 2.18. The molecule has 0 atom stereocenters. The Balaban J connectivity index is 2.21. The molecule has 0 saturated carbocycles. The lowest BCUT2D eigenvalue weighted by Crippen LogP contribution is -2.43. The van der Waals surface area contributed by atoms with Crippen molar-refractivity contribution in [2.75, 3.05) is 19.5 Å². The highest BCUT2D eigenvalue weighted by Crippen LogP contribution is 2.19. The molecule has 0 spiro atoms. The maximum absolute atomic E-state index is 12.5. The van der Waals surface area contributed by atoms with Crippen LogP contribution in [0.25, 0.3) is 0 Å². The third-order valence-electron chi connectivity index (χ3n) is 3.27. The van der Waals surface area contributed by atoms with Gasteiger partial charge in [0.05, 0.1) is 19.3 Å². The Hall–Kier alpha value is -2.41. The number of hydrogen-bond acceptors (Lipinski definition) is 6. The Morgan fingerprint density at radius 3 is 2.74 bits per heavy atom. The predicted octanol–water partition coefficient (Wildman–Crippen LogP) is 1.61. The number of anilines is 1. The third-order valence-corrected chi connectivity index (χ3v) is 4.12. The summed E-state index contributed by atoms with van der Waals surface area (Å²) in [5.41, 5.74) is 7.08. The fourth-order valence-corrected chi connectivity index (χ4v) is 2.95. The minimum Gasteiger partial charge on any atom is -0.496 e. The molecule has 0 aliphatic rings. The van der Waals surface area contributed by atoms with Gasteiger partial charge in [0.1, 0.15) is 17.9 Å². The van der Waals surface area contributed by atoms with Crippen LogP contribution in [-0.2, 0) is 22.5 Å². The number of nitrogens with zero attached hydrogens (tertiary/aromatic N) is 1. The lowest BCUT2D eigenvalue weighted by atomic mass is 10.1. The average Bonchev–Trinajstić information content (AvgIpc) is 2.88. The number of Topliss-reactive ketones (excluding diaryl/α,β-unsaturated/α-hetero) is 1. The number of ether oxygens (including phenoxy) is 2. The van der Waals surface area contributed by atoms with Crippen LogP contribution >= 0.6 is 11.3 Å². The summed E-state index contributed by atoms with van der Waals surface area (Å²) in [5, 5.41) is 2.23. The first kappa shape index (κ1) is 17.0. The summed E-state index contributed by atoms with van der Waals surface area (Å²) in [6.45, 7) is 2.11. The number of esters is 1. The third kappa shape index (κ3) is 4.07. The van der Waals surface area contributed by atoms with E-state index >= 15 is 0 Å². The van der Waals surface area contributed by atoms with Gasteiger partial charge < -0.3 is 9.47 Å². The molecule has 0 amide bonds. The van der Waals surface area contributed by atoms with Gasteiger partial charge in [-0.2, -0.15) is 0 Å². The van der Waals surface area contributed by atoms with Gasteiger partial charge in [0, 0.05) is 5.38 Å². The van der Waals surface area contributed by atoms with Crippen molar-refractivity contribution in [3.8, 4) is 5.75 Å². The van der Waals surface area contributed by atoms with Gasteiger partial charge in [0.25, 0.3) is 0 Å². The second-order valence-corrected chi connectivity index (χ2v) is 5.65. The SMILES string of the molecule is CCOC(=O)Cc1csc(N)[n+]1CC(=O)c1ccccc1OC. The summed E-state index contributed by atoms with van der Waals surface area (Å²) >= 11 is 1.29. The molecule has 0 aliphatic carbocycles. The zero-order valence-electron chi connectivity index (χ0n) is 13.1. The Morgan fingerprint density at radius 1 is 1.30 bits per heavy atom. The van der Waals surface area contributed by atoms with E-state index in [-0.39, 0.29) is 24.7 Å². The lowest BCUT2D eigenvalue weighted by Gasteiger charge is -2.07. The molecule has 1 aromatic heterocycles. The second kappa shape index (κ2) is 7.73. The van der Waals surface area contributed by atoms with E-state index in [2.05, 4.69) is 0 Å². The van der Waals surface area contributed by atoms with E-state index in [1.165, 1.54) is 18.4 Å². The Labute approximate surface area is 138 Å². The molecule has 2 rings (SSSR count). The van der Waals surface area contributed by atoms with Gasteiger partial charge in [-0.3, -0.25) is 15.3 Å². The number of rotatable bonds is 7. The monoisotopic (exact) mass is 335 g/mol. The van der Waals surface area contributed by atoms with Crippen LogP contribution in [0.4, 0.5) is 5.13 Å². The average molecular weight is 335 g/mol. The summed E-state index contributed by atoms with van der Waals surface area (Å²) in [5.74, 6) is 0.0327. The molecule has 0 bridgehead atoms. The van der Waals surface area contributed by atoms with E-state index in [0.717, 1.165) is 0 Å². The molecule has 0 fully saturated rings. The molecule has 2 N–H and O–H groups in total. The van der Waals surface area contributed by atoms with Crippen molar-refractivity contribution in [2.24, 2.45) is 0 Å². The van der Waals surface area contributed by atoms with Gasteiger partial charge in [-0.1, -0.05) is 23.5 Å². The van der Waals surface area contributed by atoms with E-state index in [4.69, 9.17) is 15.2 Å². The molecule has 0 unspecified atom stereocenters. The summed E-state index contributed by atoms with van der Waals surface area (Å²) in [6.07, 6.45) is 0.0841. The number of carbonyl (C=O) groups is 2. The topological polar surface area (TPSA) is 82.5 Å². The largest absolute Gasteiger partial charge is 0.496 e. The molecular formula is C16H19N2O4S+. The van der Waals surface area contributed by atoms with Crippen molar-refractivity contribution >= 4 is 28.2 Å². The number of ketones is 1. The fraction of sp³-hybridized carbons (Fsp3) is 0.312. The maximum Gasteiger partial charge on any atom is 0.332 e. The van der Waals surface area contributed by atoms with Gasteiger partial charge in [-0.25, -0.2) is 4.57 Å². The van der Waals surface area contributed by atoms with Gasteiger partial charge >= 0.3 is 11.1 Å². The molecule has 0 saturated heterocycles. The van der Waals surface area contributed by atoms with E-state index in [9.17, 15) is 9.59 Å². The van der Waals surface area contributed by atoms with Crippen LogP contribution in [0.2, 0.25) is 0 Å². The molecule has 1 heterocycles.